The largest absolute Gasteiger partial charge is 0.340 e. The maximum Gasteiger partial charge on any atom is 0.250 e. The average Bonchev–Trinajstić information content (AvgIpc) is 2.68. The summed E-state index contributed by atoms with van der Waals surface area (Å²) in [6, 6.07) is 5.75. The first-order valence-corrected chi connectivity index (χ1v) is 10.5. The highest BCUT2D eigenvalue weighted by molar-refractivity contribution is 5.82. The first-order valence-electron chi connectivity index (χ1n) is 10.5. The van der Waals surface area contributed by atoms with Gasteiger partial charge in [0.15, 0.2) is 0 Å². The van der Waals surface area contributed by atoms with Crippen molar-refractivity contribution < 1.29 is 4.79 Å². The van der Waals surface area contributed by atoms with Crippen molar-refractivity contribution in [3.8, 4) is 0 Å². The van der Waals surface area contributed by atoms with Crippen molar-refractivity contribution in [2.45, 2.75) is 51.1 Å². The summed E-state index contributed by atoms with van der Waals surface area (Å²) in [5.41, 5.74) is 1.24. The number of aromatic nitrogens is 1. The van der Waals surface area contributed by atoms with Crippen LogP contribution in [0, 0.1) is 11.8 Å². The maximum absolute atomic E-state index is 13.1. The molecule has 6 nitrogen and oxygen atoms in total. The Bertz CT molecular complexity index is 738. The van der Waals surface area contributed by atoms with E-state index in [4.69, 9.17) is 0 Å². The summed E-state index contributed by atoms with van der Waals surface area (Å²) in [7, 11) is 0. The number of nitrogens with one attached hydrogen (secondary N) is 2. The fourth-order valence-electron chi connectivity index (χ4n) is 5.14. The highest BCUT2D eigenvalue weighted by Gasteiger charge is 2.42. The van der Waals surface area contributed by atoms with Gasteiger partial charge in [-0.15, -0.1) is 0 Å². The lowest BCUT2D eigenvalue weighted by atomic mass is 9.76. The third kappa shape index (κ3) is 3.69. The number of fused-ring (bicyclic) bond motifs is 4. The summed E-state index contributed by atoms with van der Waals surface area (Å²) in [5, 5.41) is 6.67. The maximum atomic E-state index is 13.1. The lowest BCUT2D eigenvalue weighted by Gasteiger charge is -2.48. The summed E-state index contributed by atoms with van der Waals surface area (Å²) in [4.78, 5) is 27.8. The number of carbonyl (C=O) groups excluding carboxylic acids is 1. The van der Waals surface area contributed by atoms with Gasteiger partial charge in [-0.25, -0.2) is 0 Å². The lowest BCUT2D eigenvalue weighted by molar-refractivity contribution is -0.136. The van der Waals surface area contributed by atoms with E-state index >= 15 is 0 Å². The van der Waals surface area contributed by atoms with E-state index in [1.807, 2.05) is 6.07 Å². The average molecular weight is 373 g/mol. The zero-order valence-electron chi connectivity index (χ0n) is 16.5. The second-order valence-corrected chi connectivity index (χ2v) is 8.84. The summed E-state index contributed by atoms with van der Waals surface area (Å²) in [6.07, 6.45) is 3.21. The van der Waals surface area contributed by atoms with E-state index in [1.165, 1.54) is 0 Å². The highest BCUT2D eigenvalue weighted by Crippen LogP contribution is 2.43. The molecule has 0 unspecified atom stereocenters. The van der Waals surface area contributed by atoms with Crippen molar-refractivity contribution in [1.82, 2.24) is 20.1 Å². The molecule has 4 atom stereocenters. The van der Waals surface area contributed by atoms with Crippen LogP contribution in [0.15, 0.2) is 23.0 Å². The van der Waals surface area contributed by atoms with Crippen molar-refractivity contribution in [1.29, 1.82) is 0 Å². The number of piperazine rings is 1. The molecule has 4 heterocycles. The molecule has 0 aromatic carbocycles. The summed E-state index contributed by atoms with van der Waals surface area (Å²) < 4.78 is 2.06. The molecule has 2 saturated heterocycles. The molecule has 2 N–H and O–H groups in total. The number of likely N-dealkylation sites (tertiary alicyclic amines) is 1. The number of rotatable bonds is 4. The Balaban J connectivity index is 1.61. The van der Waals surface area contributed by atoms with Gasteiger partial charge in [0, 0.05) is 56.4 Å². The predicted octanol–water partition coefficient (Wildman–Crippen LogP) is 1.33. The van der Waals surface area contributed by atoms with Crippen LogP contribution in [0.5, 0.6) is 0 Å². The van der Waals surface area contributed by atoms with Gasteiger partial charge < -0.3 is 20.1 Å². The molecule has 1 aromatic heterocycles. The van der Waals surface area contributed by atoms with E-state index in [-0.39, 0.29) is 29.5 Å². The fourth-order valence-corrected chi connectivity index (χ4v) is 5.14. The molecule has 2 fully saturated rings. The summed E-state index contributed by atoms with van der Waals surface area (Å²) in [6.45, 7) is 8.44. The number of hydrogen-bond donors (Lipinski definition) is 2. The third-order valence-corrected chi connectivity index (χ3v) is 6.49. The molecule has 148 valence electrons. The van der Waals surface area contributed by atoms with Crippen LogP contribution in [-0.2, 0) is 4.79 Å². The quantitative estimate of drug-likeness (QED) is 0.837. The molecule has 2 bridgehead atoms. The van der Waals surface area contributed by atoms with Gasteiger partial charge in [0.25, 0.3) is 5.56 Å². The first kappa shape index (κ1) is 18.7. The zero-order valence-corrected chi connectivity index (χ0v) is 16.5. The van der Waals surface area contributed by atoms with E-state index in [0.717, 1.165) is 51.1 Å². The van der Waals surface area contributed by atoms with Crippen molar-refractivity contribution in [3.05, 3.63) is 34.2 Å². The molecule has 4 rings (SSSR count). The van der Waals surface area contributed by atoms with E-state index < -0.39 is 0 Å². The molecule has 3 aliphatic heterocycles. The van der Waals surface area contributed by atoms with Crippen molar-refractivity contribution in [2.75, 3.05) is 32.7 Å². The molecule has 0 spiro atoms. The van der Waals surface area contributed by atoms with Gasteiger partial charge in [-0.2, -0.15) is 0 Å². The Morgan fingerprint density at radius 1 is 1.26 bits per heavy atom. The van der Waals surface area contributed by atoms with Gasteiger partial charge >= 0.3 is 0 Å². The Morgan fingerprint density at radius 2 is 2.11 bits per heavy atom. The Labute approximate surface area is 161 Å². The molecule has 1 amide bonds. The first-order chi connectivity index (χ1) is 13.0. The van der Waals surface area contributed by atoms with Crippen LogP contribution in [0.25, 0.3) is 0 Å². The second kappa shape index (κ2) is 7.76. The van der Waals surface area contributed by atoms with Crippen LogP contribution in [0.1, 0.15) is 50.8 Å². The van der Waals surface area contributed by atoms with Gasteiger partial charge in [0.1, 0.15) is 0 Å². The number of pyridine rings is 1. The monoisotopic (exact) mass is 372 g/mol. The molecular weight excluding hydrogens is 340 g/mol. The second-order valence-electron chi connectivity index (χ2n) is 8.84. The molecular formula is C21H32N4O2. The van der Waals surface area contributed by atoms with Gasteiger partial charge in [-0.3, -0.25) is 9.59 Å². The van der Waals surface area contributed by atoms with Crippen LogP contribution in [-0.4, -0.2) is 54.1 Å². The topological polar surface area (TPSA) is 66.4 Å². The Kier molecular flexibility index (Phi) is 5.37. The SMILES string of the molecule is CC(C)CC[C@H]1[C@H]2C[C@H](CN(C(=O)[C@@H]3CNCCN3)C2)c2cccc(=O)n21. The molecule has 6 heteroatoms. The lowest BCUT2D eigenvalue weighted by Crippen LogP contribution is -2.59. The molecule has 0 saturated carbocycles. The molecule has 3 aliphatic rings. The third-order valence-electron chi connectivity index (χ3n) is 6.49. The number of amides is 1. The van der Waals surface area contributed by atoms with Crippen molar-refractivity contribution >= 4 is 5.91 Å². The summed E-state index contributed by atoms with van der Waals surface area (Å²) in [5.74, 6) is 1.47. The number of carbonyl (C=O) groups is 1. The van der Waals surface area contributed by atoms with Gasteiger partial charge in [0.05, 0.1) is 6.04 Å². The Hall–Kier alpha value is -1.66. The van der Waals surface area contributed by atoms with Gasteiger partial charge in [0.2, 0.25) is 5.91 Å². The van der Waals surface area contributed by atoms with E-state index in [9.17, 15) is 9.59 Å². The standard InChI is InChI=1S/C21H32N4O2/c1-14(2)6-7-19-16-10-15(18-4-3-5-20(26)25(18)19)12-24(13-16)21(27)17-11-22-8-9-23-17/h3-5,14-17,19,22-23H,6-13H2,1-2H3/t15-,16+,17+,19+/m1/s1. The van der Waals surface area contributed by atoms with Crippen LogP contribution >= 0.6 is 0 Å². The minimum Gasteiger partial charge on any atom is -0.340 e. The summed E-state index contributed by atoms with van der Waals surface area (Å²) >= 11 is 0. The minimum absolute atomic E-state index is 0.119. The van der Waals surface area contributed by atoms with Crippen LogP contribution in [0.3, 0.4) is 0 Å². The normalized spacial score (nSPS) is 30.3. The van der Waals surface area contributed by atoms with E-state index in [0.29, 0.717) is 18.4 Å². The van der Waals surface area contributed by atoms with Crippen LogP contribution in [0.2, 0.25) is 0 Å². The zero-order chi connectivity index (χ0) is 19.0. The molecule has 0 radical (unpaired) electrons. The minimum atomic E-state index is -0.121. The number of hydrogen-bond acceptors (Lipinski definition) is 4. The van der Waals surface area contributed by atoms with E-state index in [2.05, 4.69) is 40.0 Å². The number of nitrogens with zero attached hydrogens (tertiary/aromatic N) is 2. The smallest absolute Gasteiger partial charge is 0.250 e. The number of piperidine rings is 1. The van der Waals surface area contributed by atoms with Crippen molar-refractivity contribution in [2.24, 2.45) is 11.8 Å². The van der Waals surface area contributed by atoms with Crippen molar-refractivity contribution in [3.63, 3.8) is 0 Å². The Morgan fingerprint density at radius 3 is 2.85 bits per heavy atom. The highest BCUT2D eigenvalue weighted by atomic mass is 16.2. The molecule has 27 heavy (non-hydrogen) atoms. The van der Waals surface area contributed by atoms with Crippen LogP contribution in [0.4, 0.5) is 0 Å². The van der Waals surface area contributed by atoms with Gasteiger partial charge in [-0.05, 0) is 37.2 Å². The fraction of sp³-hybridized carbons (Fsp3) is 0.714. The molecule has 0 aliphatic carbocycles. The van der Waals surface area contributed by atoms with Crippen LogP contribution < -0.4 is 16.2 Å². The molecule has 1 aromatic rings. The van der Waals surface area contributed by atoms with E-state index in [1.54, 1.807) is 6.07 Å². The predicted molar refractivity (Wildman–Crippen MR) is 106 cm³/mol. The van der Waals surface area contributed by atoms with Gasteiger partial charge in [-0.1, -0.05) is 19.9 Å².